The van der Waals surface area contributed by atoms with Crippen molar-refractivity contribution in [1.82, 2.24) is 10.2 Å². The highest BCUT2D eigenvalue weighted by atomic mass is 16.6. The maximum Gasteiger partial charge on any atom is 0.410 e. The molecule has 0 aromatic carbocycles. The Morgan fingerprint density at radius 1 is 1.53 bits per heavy atom. The highest BCUT2D eigenvalue weighted by Gasteiger charge is 2.39. The first kappa shape index (κ1) is 16.0. The summed E-state index contributed by atoms with van der Waals surface area (Å²) in [5.74, 6) is 0. The molecule has 1 rings (SSSR count). The number of hydrogen-bond donors (Lipinski definition) is 1. The highest BCUT2D eigenvalue weighted by molar-refractivity contribution is 5.69. The molecular formula is C15H28N2O2. The van der Waals surface area contributed by atoms with Gasteiger partial charge < -0.3 is 15.0 Å². The maximum atomic E-state index is 12.2. The second-order valence-corrected chi connectivity index (χ2v) is 6.83. The Kier molecular flexibility index (Phi) is 5.02. The summed E-state index contributed by atoms with van der Waals surface area (Å²) < 4.78 is 5.48. The first-order valence-corrected chi connectivity index (χ1v) is 7.00. The van der Waals surface area contributed by atoms with Gasteiger partial charge in [0.2, 0.25) is 0 Å². The number of carbonyl (C=O) groups is 1. The fourth-order valence-electron chi connectivity index (χ4n) is 2.48. The van der Waals surface area contributed by atoms with Gasteiger partial charge in [0.05, 0.1) is 0 Å². The summed E-state index contributed by atoms with van der Waals surface area (Å²) in [6.07, 6.45) is 3.55. The molecule has 1 aliphatic rings. The average molecular weight is 268 g/mol. The van der Waals surface area contributed by atoms with Crippen molar-refractivity contribution in [2.24, 2.45) is 0 Å². The molecule has 0 bridgehead atoms. The first-order valence-electron chi connectivity index (χ1n) is 7.00. The van der Waals surface area contributed by atoms with Crippen LogP contribution in [0.25, 0.3) is 0 Å². The van der Waals surface area contributed by atoms with Crippen LogP contribution in [0.1, 0.15) is 47.5 Å². The van der Waals surface area contributed by atoms with Crippen LogP contribution in [0.2, 0.25) is 0 Å². The fraction of sp³-hybridized carbons (Fsp3) is 0.800. The van der Waals surface area contributed by atoms with Gasteiger partial charge in [0.15, 0.2) is 0 Å². The lowest BCUT2D eigenvalue weighted by Gasteiger charge is -2.45. The number of piperidine rings is 1. The number of nitrogens with zero attached hydrogens (tertiary/aromatic N) is 1. The Morgan fingerprint density at radius 3 is 2.63 bits per heavy atom. The van der Waals surface area contributed by atoms with Gasteiger partial charge in [-0.05, 0) is 47.5 Å². The second-order valence-electron chi connectivity index (χ2n) is 6.83. The fourth-order valence-corrected chi connectivity index (χ4v) is 2.48. The van der Waals surface area contributed by atoms with Crippen LogP contribution in [-0.4, -0.2) is 41.3 Å². The van der Waals surface area contributed by atoms with E-state index in [1.54, 1.807) is 0 Å². The van der Waals surface area contributed by atoms with Gasteiger partial charge in [0.1, 0.15) is 5.60 Å². The van der Waals surface area contributed by atoms with Gasteiger partial charge in [-0.2, -0.15) is 0 Å². The van der Waals surface area contributed by atoms with Crippen LogP contribution in [0.15, 0.2) is 12.7 Å². The summed E-state index contributed by atoms with van der Waals surface area (Å²) in [6, 6.07) is 0.437. The molecule has 1 amide bonds. The molecule has 0 spiro atoms. The van der Waals surface area contributed by atoms with Crippen LogP contribution in [0, 0.1) is 0 Å². The lowest BCUT2D eigenvalue weighted by molar-refractivity contribution is -0.0107. The van der Waals surface area contributed by atoms with Crippen molar-refractivity contribution in [3.05, 3.63) is 12.7 Å². The van der Waals surface area contributed by atoms with Crippen molar-refractivity contribution in [1.29, 1.82) is 0 Å². The molecule has 1 atom stereocenters. The number of amides is 1. The molecule has 0 saturated carbocycles. The summed E-state index contributed by atoms with van der Waals surface area (Å²) >= 11 is 0. The van der Waals surface area contributed by atoms with Crippen LogP contribution in [0.3, 0.4) is 0 Å². The summed E-state index contributed by atoms with van der Waals surface area (Å²) in [5.41, 5.74) is -0.621. The third-order valence-electron chi connectivity index (χ3n) is 3.34. The zero-order chi connectivity index (χ0) is 14.7. The summed E-state index contributed by atoms with van der Waals surface area (Å²) in [7, 11) is 0. The second kappa shape index (κ2) is 5.95. The quantitative estimate of drug-likeness (QED) is 0.800. The summed E-state index contributed by atoms with van der Waals surface area (Å²) in [5, 5.41) is 3.44. The minimum absolute atomic E-state index is 0.181. The largest absolute Gasteiger partial charge is 0.444 e. The van der Waals surface area contributed by atoms with E-state index in [2.05, 4.69) is 25.7 Å². The van der Waals surface area contributed by atoms with Crippen LogP contribution in [0.4, 0.5) is 4.79 Å². The van der Waals surface area contributed by atoms with Gasteiger partial charge in [-0.25, -0.2) is 4.79 Å². The molecule has 1 N–H and O–H groups in total. The Balaban J connectivity index is 2.63. The van der Waals surface area contributed by atoms with Gasteiger partial charge in [0.25, 0.3) is 0 Å². The van der Waals surface area contributed by atoms with Gasteiger partial charge in [-0.1, -0.05) is 6.08 Å². The molecule has 19 heavy (non-hydrogen) atoms. The van der Waals surface area contributed by atoms with E-state index in [4.69, 9.17) is 4.74 Å². The lowest BCUT2D eigenvalue weighted by Crippen LogP contribution is -2.57. The van der Waals surface area contributed by atoms with Crippen LogP contribution >= 0.6 is 0 Å². The molecule has 1 saturated heterocycles. The monoisotopic (exact) mass is 268 g/mol. The molecule has 1 fully saturated rings. The van der Waals surface area contributed by atoms with E-state index in [9.17, 15) is 4.79 Å². The summed E-state index contributed by atoms with van der Waals surface area (Å²) in [6.45, 7) is 15.2. The number of ether oxygens (including phenoxy) is 1. The minimum atomic E-state index is -0.439. The number of likely N-dealkylation sites (tertiary alicyclic amines) is 1. The molecule has 110 valence electrons. The standard InChI is InChI=1S/C15H28N2O2/c1-7-9-16-12-8-10-17(15(5,6)11-12)13(18)19-14(2,3)4/h7,12,16H,1,8-11H2,2-6H3. The predicted octanol–water partition coefficient (Wildman–Crippen LogP) is 2.94. The Bertz CT molecular complexity index is 332. The molecule has 4 heteroatoms. The lowest BCUT2D eigenvalue weighted by atomic mass is 9.87. The molecule has 0 aromatic rings. The van der Waals surface area contributed by atoms with E-state index in [1.807, 2.05) is 31.7 Å². The Morgan fingerprint density at radius 2 is 2.16 bits per heavy atom. The number of nitrogens with one attached hydrogen (secondary N) is 1. The number of hydrogen-bond acceptors (Lipinski definition) is 3. The smallest absolute Gasteiger partial charge is 0.410 e. The molecule has 1 heterocycles. The van der Waals surface area contributed by atoms with Crippen LogP contribution in [0.5, 0.6) is 0 Å². The number of rotatable bonds is 3. The SMILES string of the molecule is C=CCNC1CCN(C(=O)OC(C)(C)C)C(C)(C)C1. The van der Waals surface area contributed by atoms with E-state index in [0.717, 1.165) is 25.9 Å². The molecular weight excluding hydrogens is 240 g/mol. The minimum Gasteiger partial charge on any atom is -0.444 e. The molecule has 0 aliphatic carbocycles. The Labute approximate surface area is 117 Å². The van der Waals surface area contributed by atoms with Gasteiger partial charge in [-0.15, -0.1) is 6.58 Å². The van der Waals surface area contributed by atoms with Gasteiger partial charge >= 0.3 is 6.09 Å². The molecule has 4 nitrogen and oxygen atoms in total. The Hall–Kier alpha value is -1.03. The third kappa shape index (κ3) is 4.86. The third-order valence-corrected chi connectivity index (χ3v) is 3.34. The van der Waals surface area contributed by atoms with E-state index in [0.29, 0.717) is 6.04 Å². The van der Waals surface area contributed by atoms with Crippen molar-refractivity contribution in [3.8, 4) is 0 Å². The highest BCUT2D eigenvalue weighted by Crippen LogP contribution is 2.29. The molecule has 0 radical (unpaired) electrons. The van der Waals surface area contributed by atoms with Crippen molar-refractivity contribution < 1.29 is 9.53 Å². The topological polar surface area (TPSA) is 41.6 Å². The van der Waals surface area contributed by atoms with Gasteiger partial charge in [0, 0.05) is 24.7 Å². The molecule has 1 aliphatic heterocycles. The van der Waals surface area contributed by atoms with Crippen molar-refractivity contribution in [2.45, 2.75) is 64.6 Å². The van der Waals surface area contributed by atoms with Crippen LogP contribution < -0.4 is 5.32 Å². The molecule has 1 unspecified atom stereocenters. The van der Waals surface area contributed by atoms with E-state index in [1.165, 1.54) is 0 Å². The van der Waals surface area contributed by atoms with Crippen molar-refractivity contribution >= 4 is 6.09 Å². The van der Waals surface area contributed by atoms with E-state index >= 15 is 0 Å². The van der Waals surface area contributed by atoms with Crippen LogP contribution in [-0.2, 0) is 4.74 Å². The van der Waals surface area contributed by atoms with Crippen molar-refractivity contribution in [3.63, 3.8) is 0 Å². The molecule has 0 aromatic heterocycles. The zero-order valence-corrected chi connectivity index (χ0v) is 13.0. The normalized spacial score (nSPS) is 23.0. The van der Waals surface area contributed by atoms with Crippen molar-refractivity contribution in [2.75, 3.05) is 13.1 Å². The number of carbonyl (C=O) groups excluding carboxylic acids is 1. The predicted molar refractivity (Wildman–Crippen MR) is 78.2 cm³/mol. The average Bonchev–Trinajstić information content (AvgIpc) is 2.22. The first-order chi connectivity index (χ1) is 8.65. The van der Waals surface area contributed by atoms with Gasteiger partial charge in [-0.3, -0.25) is 0 Å². The van der Waals surface area contributed by atoms with E-state index < -0.39 is 5.60 Å². The zero-order valence-electron chi connectivity index (χ0n) is 13.0. The van der Waals surface area contributed by atoms with E-state index in [-0.39, 0.29) is 11.6 Å². The maximum absolute atomic E-state index is 12.2. The summed E-state index contributed by atoms with van der Waals surface area (Å²) in [4.78, 5) is 14.1.